The van der Waals surface area contributed by atoms with E-state index in [4.69, 9.17) is 9.84 Å². The fraction of sp³-hybridized carbons (Fsp3) is 0.286. The van der Waals surface area contributed by atoms with E-state index < -0.39 is 5.97 Å². The first-order chi connectivity index (χ1) is 14.0. The monoisotopic (exact) mass is 430 g/mol. The molecule has 29 heavy (non-hydrogen) atoms. The molecule has 1 unspecified atom stereocenters. The van der Waals surface area contributed by atoms with Gasteiger partial charge in [-0.25, -0.2) is 4.98 Å². The van der Waals surface area contributed by atoms with E-state index in [2.05, 4.69) is 10.3 Å². The number of ether oxygens (including phenoxy) is 1. The Labute approximate surface area is 177 Å². The van der Waals surface area contributed by atoms with Crippen LogP contribution in [0.5, 0.6) is 5.75 Å². The Bertz CT molecular complexity index is 936. The molecule has 2 heterocycles. The minimum atomic E-state index is -0.898. The van der Waals surface area contributed by atoms with Crippen LogP contribution < -0.4 is 10.1 Å². The largest absolute Gasteiger partial charge is 0.497 e. The maximum Gasteiger partial charge on any atom is 0.304 e. The summed E-state index contributed by atoms with van der Waals surface area (Å²) in [5.74, 6) is -0.536. The number of nitrogens with zero attached hydrogens (tertiary/aromatic N) is 1. The Morgan fingerprint density at radius 2 is 1.97 bits per heavy atom. The Kier molecular flexibility index (Phi) is 7.37. The molecule has 8 heteroatoms. The number of hydrogen-bond donors (Lipinski definition) is 2. The summed E-state index contributed by atoms with van der Waals surface area (Å²) in [6, 6.07) is 11.5. The van der Waals surface area contributed by atoms with Crippen LogP contribution >= 0.6 is 22.7 Å². The van der Waals surface area contributed by atoms with Crippen molar-refractivity contribution in [1.29, 1.82) is 0 Å². The van der Waals surface area contributed by atoms with Gasteiger partial charge in [-0.1, -0.05) is 6.07 Å². The number of thiophene rings is 1. The first-order valence-electron chi connectivity index (χ1n) is 9.16. The van der Waals surface area contributed by atoms with Gasteiger partial charge < -0.3 is 15.2 Å². The molecule has 0 aliphatic heterocycles. The van der Waals surface area contributed by atoms with Crippen molar-refractivity contribution in [2.45, 2.75) is 25.2 Å². The molecule has 0 fully saturated rings. The number of carbonyl (C=O) groups excluding carboxylic acids is 1. The number of aliphatic carboxylic acids is 1. The van der Waals surface area contributed by atoms with Crippen molar-refractivity contribution in [2.24, 2.45) is 0 Å². The molecule has 1 atom stereocenters. The van der Waals surface area contributed by atoms with E-state index in [-0.39, 0.29) is 24.7 Å². The summed E-state index contributed by atoms with van der Waals surface area (Å²) < 4.78 is 5.17. The molecule has 6 nitrogen and oxygen atoms in total. The fourth-order valence-corrected chi connectivity index (χ4v) is 4.57. The highest BCUT2D eigenvalue weighted by Gasteiger charge is 2.20. The second-order valence-corrected chi connectivity index (χ2v) is 8.39. The number of nitrogens with one attached hydrogen (secondary N) is 1. The van der Waals surface area contributed by atoms with Gasteiger partial charge in [0.15, 0.2) is 0 Å². The number of carboxylic acid groups (broad SMARTS) is 1. The van der Waals surface area contributed by atoms with Gasteiger partial charge in [-0.2, -0.15) is 0 Å². The molecule has 0 bridgehead atoms. The minimum absolute atomic E-state index is 0.0500. The molecule has 0 radical (unpaired) electrons. The average Bonchev–Trinajstić information content (AvgIpc) is 3.39. The third-order valence-corrected chi connectivity index (χ3v) is 6.34. The summed E-state index contributed by atoms with van der Waals surface area (Å²) in [6.45, 7) is 0.471. The van der Waals surface area contributed by atoms with Crippen molar-refractivity contribution >= 4 is 34.6 Å². The molecule has 0 aliphatic carbocycles. The Balaban J connectivity index is 1.49. The molecule has 2 aromatic heterocycles. The maximum absolute atomic E-state index is 12.3. The summed E-state index contributed by atoms with van der Waals surface area (Å²) >= 11 is 3.04. The number of benzene rings is 1. The molecule has 0 saturated carbocycles. The van der Waals surface area contributed by atoms with Crippen LogP contribution in [0.15, 0.2) is 47.2 Å². The van der Waals surface area contributed by atoms with Crippen molar-refractivity contribution in [2.75, 3.05) is 13.7 Å². The molecule has 1 amide bonds. The highest BCUT2D eigenvalue weighted by Crippen LogP contribution is 2.28. The van der Waals surface area contributed by atoms with E-state index >= 15 is 0 Å². The lowest BCUT2D eigenvalue weighted by Gasteiger charge is -2.13. The van der Waals surface area contributed by atoms with Gasteiger partial charge in [0.1, 0.15) is 5.75 Å². The number of carbonyl (C=O) groups is 2. The van der Waals surface area contributed by atoms with Crippen molar-refractivity contribution in [1.82, 2.24) is 10.3 Å². The molecule has 3 rings (SSSR count). The summed E-state index contributed by atoms with van der Waals surface area (Å²) in [4.78, 5) is 28.9. The standard InChI is InChI=1S/C21H22N2O4S2/c1-27-16-6-4-14(5-7-16)17-13-29-20(23-17)8-9-22-19(24)11-15(12-21(25)26)18-3-2-10-28-18/h2-7,10,13,15H,8-9,11-12H2,1H3,(H,22,24)(H,25,26). The Morgan fingerprint density at radius 1 is 1.17 bits per heavy atom. The second-order valence-electron chi connectivity index (χ2n) is 6.47. The lowest BCUT2D eigenvalue weighted by molar-refractivity contribution is -0.137. The number of thiazole rings is 1. The van der Waals surface area contributed by atoms with Gasteiger partial charge in [0, 0.05) is 41.1 Å². The summed E-state index contributed by atoms with van der Waals surface area (Å²) in [5, 5.41) is 16.8. The fourth-order valence-electron chi connectivity index (χ4n) is 2.93. The number of aromatic nitrogens is 1. The van der Waals surface area contributed by atoms with Crippen molar-refractivity contribution in [3.8, 4) is 17.0 Å². The van der Waals surface area contributed by atoms with Crippen LogP contribution in [0.25, 0.3) is 11.3 Å². The van der Waals surface area contributed by atoms with Gasteiger partial charge >= 0.3 is 5.97 Å². The van der Waals surface area contributed by atoms with E-state index in [1.807, 2.05) is 47.2 Å². The Morgan fingerprint density at radius 3 is 2.62 bits per heavy atom. The summed E-state index contributed by atoms with van der Waals surface area (Å²) in [7, 11) is 1.63. The first-order valence-corrected chi connectivity index (χ1v) is 10.9. The van der Waals surface area contributed by atoms with Crippen LogP contribution in [0.4, 0.5) is 0 Å². The zero-order valence-electron chi connectivity index (χ0n) is 16.0. The third kappa shape index (κ3) is 6.13. The van der Waals surface area contributed by atoms with Crippen LogP contribution in [0.3, 0.4) is 0 Å². The first kappa shape index (κ1) is 21.0. The van der Waals surface area contributed by atoms with Gasteiger partial charge in [0.25, 0.3) is 0 Å². The second kappa shape index (κ2) is 10.2. The molecule has 1 aromatic carbocycles. The maximum atomic E-state index is 12.3. The summed E-state index contributed by atoms with van der Waals surface area (Å²) in [6.07, 6.45) is 0.753. The van der Waals surface area contributed by atoms with Crippen LogP contribution in [0, 0.1) is 0 Å². The zero-order chi connectivity index (χ0) is 20.6. The molecule has 0 saturated heterocycles. The van der Waals surface area contributed by atoms with E-state index in [0.29, 0.717) is 13.0 Å². The smallest absolute Gasteiger partial charge is 0.304 e. The molecular formula is C21H22N2O4S2. The van der Waals surface area contributed by atoms with Gasteiger partial charge in [-0.3, -0.25) is 9.59 Å². The molecule has 0 spiro atoms. The van der Waals surface area contributed by atoms with Crippen LogP contribution in [0.2, 0.25) is 0 Å². The molecular weight excluding hydrogens is 408 g/mol. The quantitative estimate of drug-likeness (QED) is 0.504. The number of rotatable bonds is 10. The van der Waals surface area contributed by atoms with Crippen molar-refractivity contribution < 1.29 is 19.4 Å². The average molecular weight is 431 g/mol. The highest BCUT2D eigenvalue weighted by atomic mass is 32.1. The number of hydrogen-bond acceptors (Lipinski definition) is 6. The van der Waals surface area contributed by atoms with Gasteiger partial charge in [-0.05, 0) is 35.7 Å². The van der Waals surface area contributed by atoms with Gasteiger partial charge in [0.2, 0.25) is 5.91 Å². The van der Waals surface area contributed by atoms with Gasteiger partial charge in [0.05, 0.1) is 24.2 Å². The lowest BCUT2D eigenvalue weighted by Crippen LogP contribution is -2.27. The summed E-state index contributed by atoms with van der Waals surface area (Å²) in [5.41, 5.74) is 1.92. The Hall–Kier alpha value is -2.71. The number of amides is 1. The van der Waals surface area contributed by atoms with E-state index in [1.54, 1.807) is 18.4 Å². The van der Waals surface area contributed by atoms with E-state index in [0.717, 1.165) is 26.9 Å². The van der Waals surface area contributed by atoms with E-state index in [9.17, 15) is 9.59 Å². The number of carboxylic acids is 1. The SMILES string of the molecule is COc1ccc(-c2csc(CCNC(=O)CC(CC(=O)O)c3cccs3)n2)cc1. The predicted octanol–water partition coefficient (Wildman–Crippen LogP) is 4.19. The normalized spacial score (nSPS) is 11.8. The third-order valence-electron chi connectivity index (χ3n) is 4.40. The molecule has 2 N–H and O–H groups in total. The van der Waals surface area contributed by atoms with Crippen molar-refractivity contribution in [3.63, 3.8) is 0 Å². The lowest BCUT2D eigenvalue weighted by atomic mass is 9.99. The van der Waals surface area contributed by atoms with Crippen LogP contribution in [-0.2, 0) is 16.0 Å². The van der Waals surface area contributed by atoms with Crippen LogP contribution in [-0.4, -0.2) is 35.6 Å². The minimum Gasteiger partial charge on any atom is -0.497 e. The zero-order valence-corrected chi connectivity index (χ0v) is 17.6. The van der Waals surface area contributed by atoms with Crippen molar-refractivity contribution in [3.05, 3.63) is 57.0 Å². The highest BCUT2D eigenvalue weighted by molar-refractivity contribution is 7.10. The molecule has 152 valence electrons. The topological polar surface area (TPSA) is 88.5 Å². The molecule has 3 aromatic rings. The number of methoxy groups -OCH3 is 1. The van der Waals surface area contributed by atoms with E-state index in [1.165, 1.54) is 11.3 Å². The predicted molar refractivity (Wildman–Crippen MR) is 115 cm³/mol. The molecule has 0 aliphatic rings. The van der Waals surface area contributed by atoms with Crippen LogP contribution in [0.1, 0.15) is 28.6 Å². The van der Waals surface area contributed by atoms with Gasteiger partial charge in [-0.15, -0.1) is 22.7 Å².